The molecule has 2 heterocycles. The number of hydrogen-bond acceptors (Lipinski definition) is 4. The van der Waals surface area contributed by atoms with Crippen LogP contribution in [0.2, 0.25) is 0 Å². The minimum atomic E-state index is -0.356. The van der Waals surface area contributed by atoms with E-state index in [0.29, 0.717) is 23.8 Å². The standard InChI is InChI=1S/C29H38FN3O3/c1-2-36-28(34)24-10-14-26(15-11-24)31-29(35)33-18-4-3-5-27(33)21-32-19-16-23(17-20-32)7-6-22-8-12-25(30)13-9-22/h8-15,23,27H,2-7,16-21H2,1H3,(H,31,35). The van der Waals surface area contributed by atoms with Crippen molar-refractivity contribution in [3.8, 4) is 0 Å². The number of nitrogens with zero attached hydrogens (tertiary/aromatic N) is 2. The molecule has 36 heavy (non-hydrogen) atoms. The van der Waals surface area contributed by atoms with E-state index in [0.717, 1.165) is 58.3 Å². The molecule has 0 bridgehead atoms. The summed E-state index contributed by atoms with van der Waals surface area (Å²) in [4.78, 5) is 29.5. The Kier molecular flexibility index (Phi) is 9.34. The maximum absolute atomic E-state index is 13.1. The van der Waals surface area contributed by atoms with E-state index in [1.807, 2.05) is 17.0 Å². The van der Waals surface area contributed by atoms with Crippen LogP contribution in [0.25, 0.3) is 0 Å². The monoisotopic (exact) mass is 495 g/mol. The van der Waals surface area contributed by atoms with Gasteiger partial charge in [0.15, 0.2) is 0 Å². The van der Waals surface area contributed by atoms with E-state index < -0.39 is 0 Å². The van der Waals surface area contributed by atoms with Crippen LogP contribution in [0.4, 0.5) is 14.9 Å². The second kappa shape index (κ2) is 12.9. The van der Waals surface area contributed by atoms with Crippen LogP contribution in [0.15, 0.2) is 48.5 Å². The Balaban J connectivity index is 1.24. The minimum absolute atomic E-state index is 0.0715. The Labute approximate surface area is 213 Å². The number of urea groups is 1. The van der Waals surface area contributed by atoms with E-state index in [4.69, 9.17) is 4.74 Å². The number of carbonyl (C=O) groups excluding carboxylic acids is 2. The molecule has 2 saturated heterocycles. The van der Waals surface area contributed by atoms with E-state index in [1.54, 1.807) is 43.3 Å². The van der Waals surface area contributed by atoms with E-state index in [1.165, 1.54) is 18.4 Å². The van der Waals surface area contributed by atoms with Crippen LogP contribution < -0.4 is 5.32 Å². The highest BCUT2D eigenvalue weighted by atomic mass is 19.1. The SMILES string of the molecule is CCOC(=O)c1ccc(NC(=O)N2CCCCC2CN2CCC(CCc3ccc(F)cc3)CC2)cc1. The third kappa shape index (κ3) is 7.29. The lowest BCUT2D eigenvalue weighted by Gasteiger charge is -2.40. The van der Waals surface area contributed by atoms with Gasteiger partial charge in [-0.25, -0.2) is 14.0 Å². The van der Waals surface area contributed by atoms with Crippen molar-refractivity contribution in [3.63, 3.8) is 0 Å². The first kappa shape index (κ1) is 26.1. The molecule has 0 saturated carbocycles. The summed E-state index contributed by atoms with van der Waals surface area (Å²) in [5, 5.41) is 3.01. The molecule has 2 fully saturated rings. The molecule has 7 heteroatoms. The number of esters is 1. The van der Waals surface area contributed by atoms with Gasteiger partial charge in [-0.3, -0.25) is 0 Å². The number of amides is 2. The quantitative estimate of drug-likeness (QED) is 0.475. The molecule has 2 aromatic carbocycles. The first-order valence-electron chi connectivity index (χ1n) is 13.3. The van der Waals surface area contributed by atoms with Crippen molar-refractivity contribution in [1.29, 1.82) is 0 Å². The van der Waals surface area contributed by atoms with Gasteiger partial charge in [0.1, 0.15) is 5.82 Å². The molecule has 2 aliphatic heterocycles. The number of halogens is 1. The highest BCUT2D eigenvalue weighted by Crippen LogP contribution is 2.25. The van der Waals surface area contributed by atoms with Crippen molar-refractivity contribution in [2.24, 2.45) is 5.92 Å². The molecule has 0 radical (unpaired) electrons. The summed E-state index contributed by atoms with van der Waals surface area (Å²) in [7, 11) is 0. The molecule has 0 spiro atoms. The summed E-state index contributed by atoms with van der Waals surface area (Å²) in [6.07, 6.45) is 7.70. The van der Waals surface area contributed by atoms with E-state index in [2.05, 4.69) is 10.2 Å². The fraction of sp³-hybridized carbons (Fsp3) is 0.517. The zero-order valence-electron chi connectivity index (χ0n) is 21.3. The normalized spacial score (nSPS) is 19.2. The maximum atomic E-state index is 13.1. The molecular weight excluding hydrogens is 457 g/mol. The molecule has 1 unspecified atom stereocenters. The second-order valence-corrected chi connectivity index (χ2v) is 9.98. The van der Waals surface area contributed by atoms with Gasteiger partial charge in [0.05, 0.1) is 12.2 Å². The third-order valence-corrected chi connectivity index (χ3v) is 7.47. The summed E-state index contributed by atoms with van der Waals surface area (Å²) in [6.45, 7) is 5.93. The lowest BCUT2D eigenvalue weighted by molar-refractivity contribution is 0.0526. The van der Waals surface area contributed by atoms with Gasteiger partial charge >= 0.3 is 12.0 Å². The average Bonchev–Trinajstić information content (AvgIpc) is 2.90. The molecule has 194 valence electrons. The molecule has 2 amide bonds. The van der Waals surface area contributed by atoms with E-state index in [9.17, 15) is 14.0 Å². The zero-order chi connectivity index (χ0) is 25.3. The fourth-order valence-electron chi connectivity index (χ4n) is 5.33. The van der Waals surface area contributed by atoms with Crippen LogP contribution in [0.3, 0.4) is 0 Å². The molecular formula is C29H38FN3O3. The van der Waals surface area contributed by atoms with Crippen LogP contribution in [0, 0.1) is 11.7 Å². The lowest BCUT2D eigenvalue weighted by atomic mass is 9.90. The molecule has 2 aromatic rings. The highest BCUT2D eigenvalue weighted by molar-refractivity contribution is 5.92. The van der Waals surface area contributed by atoms with Crippen molar-refractivity contribution in [1.82, 2.24) is 9.80 Å². The van der Waals surface area contributed by atoms with Gasteiger partial charge in [-0.15, -0.1) is 0 Å². The number of carbonyl (C=O) groups is 2. The number of rotatable bonds is 8. The van der Waals surface area contributed by atoms with Gasteiger partial charge in [-0.2, -0.15) is 0 Å². The number of anilines is 1. The van der Waals surface area contributed by atoms with Crippen LogP contribution in [-0.2, 0) is 11.2 Å². The Morgan fingerprint density at radius 3 is 2.39 bits per heavy atom. The summed E-state index contributed by atoms with van der Waals surface area (Å²) >= 11 is 0. The second-order valence-electron chi connectivity index (χ2n) is 9.98. The molecule has 1 N–H and O–H groups in total. The summed E-state index contributed by atoms with van der Waals surface area (Å²) < 4.78 is 18.1. The predicted molar refractivity (Wildman–Crippen MR) is 140 cm³/mol. The number of aryl methyl sites for hydroxylation is 1. The smallest absolute Gasteiger partial charge is 0.338 e. The lowest BCUT2D eigenvalue weighted by Crippen LogP contribution is -2.52. The van der Waals surface area contributed by atoms with Crippen molar-refractivity contribution < 1.29 is 18.7 Å². The Hall–Kier alpha value is -2.93. The first-order valence-corrected chi connectivity index (χ1v) is 13.3. The number of nitrogens with one attached hydrogen (secondary N) is 1. The third-order valence-electron chi connectivity index (χ3n) is 7.47. The molecule has 1 atom stereocenters. The summed E-state index contributed by atoms with van der Waals surface area (Å²) in [5.74, 6) is 0.171. The van der Waals surface area contributed by atoms with Gasteiger partial charge in [0.25, 0.3) is 0 Å². The Morgan fingerprint density at radius 2 is 1.69 bits per heavy atom. The summed E-state index contributed by atoms with van der Waals surface area (Å²) in [5.41, 5.74) is 2.37. The van der Waals surface area contributed by atoms with Gasteiger partial charge in [0, 0.05) is 24.8 Å². The van der Waals surface area contributed by atoms with Crippen molar-refractivity contribution >= 4 is 17.7 Å². The van der Waals surface area contributed by atoms with Crippen LogP contribution >= 0.6 is 0 Å². The van der Waals surface area contributed by atoms with Gasteiger partial charge < -0.3 is 19.9 Å². The zero-order valence-corrected chi connectivity index (χ0v) is 21.3. The van der Waals surface area contributed by atoms with Crippen LogP contribution in [-0.4, -0.2) is 60.6 Å². The fourth-order valence-corrected chi connectivity index (χ4v) is 5.33. The van der Waals surface area contributed by atoms with Crippen molar-refractivity contribution in [2.75, 3.05) is 38.1 Å². The van der Waals surface area contributed by atoms with Gasteiger partial charge in [0.2, 0.25) is 0 Å². The number of piperidine rings is 2. The molecule has 4 rings (SSSR count). The first-order chi connectivity index (χ1) is 17.5. The predicted octanol–water partition coefficient (Wildman–Crippen LogP) is 5.73. The highest BCUT2D eigenvalue weighted by Gasteiger charge is 2.30. The van der Waals surface area contributed by atoms with Crippen molar-refractivity contribution in [2.45, 2.75) is 57.9 Å². The molecule has 6 nitrogen and oxygen atoms in total. The average molecular weight is 496 g/mol. The minimum Gasteiger partial charge on any atom is -0.462 e. The van der Waals surface area contributed by atoms with Crippen molar-refractivity contribution in [3.05, 3.63) is 65.5 Å². The maximum Gasteiger partial charge on any atom is 0.338 e. The van der Waals surface area contributed by atoms with Gasteiger partial charge in [-0.1, -0.05) is 12.1 Å². The largest absolute Gasteiger partial charge is 0.462 e. The molecule has 0 aromatic heterocycles. The van der Waals surface area contributed by atoms with Crippen LogP contribution in [0.5, 0.6) is 0 Å². The van der Waals surface area contributed by atoms with E-state index in [-0.39, 0.29) is 23.9 Å². The number of benzene rings is 2. The molecule has 2 aliphatic rings. The number of ether oxygens (including phenoxy) is 1. The Morgan fingerprint density at radius 1 is 0.972 bits per heavy atom. The van der Waals surface area contributed by atoms with Crippen LogP contribution in [0.1, 0.15) is 61.4 Å². The Bertz CT molecular complexity index is 988. The van der Waals surface area contributed by atoms with Gasteiger partial charge in [-0.05, 0) is 113 Å². The number of likely N-dealkylation sites (tertiary alicyclic amines) is 2. The molecule has 0 aliphatic carbocycles. The van der Waals surface area contributed by atoms with E-state index >= 15 is 0 Å². The number of hydrogen-bond donors (Lipinski definition) is 1. The topological polar surface area (TPSA) is 61.9 Å². The summed E-state index contributed by atoms with van der Waals surface area (Å²) in [6, 6.07) is 13.9.